The molecule has 4 rings (SSSR count). The van der Waals surface area contributed by atoms with Crippen molar-refractivity contribution in [1.29, 1.82) is 0 Å². The normalized spacial score (nSPS) is 19.6. The molecule has 2 aromatic rings. The van der Waals surface area contributed by atoms with Crippen LogP contribution in [0.25, 0.3) is 12.2 Å². The average Bonchev–Trinajstić information content (AvgIpc) is 3.21. The molecule has 2 aliphatic rings. The molecule has 0 saturated carbocycles. The standard InChI is InChI=1S/2C10H9.C4H8Cl3Si.CH3.2ClH.Hf.H2Si/c2*1-8-6-9-4-2-3-5-10(9)7-8;1-2-3-4-8(5,6)7;;;;;/h2*2-7H,1H3;1-4H2;1H3;2*1H;;1H2. The Morgan fingerprint density at radius 3 is 1.64 bits per heavy atom. The van der Waals surface area contributed by atoms with Gasteiger partial charge in [-0.3, -0.25) is 0 Å². The van der Waals surface area contributed by atoms with E-state index < -0.39 is 23.1 Å². The molecule has 0 aromatic heterocycles. The Morgan fingerprint density at radius 1 is 0.788 bits per heavy atom. The van der Waals surface area contributed by atoms with E-state index in [9.17, 15) is 0 Å². The van der Waals surface area contributed by atoms with Crippen molar-refractivity contribution in [2.45, 2.75) is 48.9 Å². The average molecular weight is 745 g/mol. The van der Waals surface area contributed by atoms with Crippen molar-refractivity contribution in [2.75, 3.05) is 0 Å². The van der Waals surface area contributed by atoms with Crippen LogP contribution in [0.5, 0.6) is 0 Å². The zero-order chi connectivity index (χ0) is 22.5. The van der Waals surface area contributed by atoms with Crippen LogP contribution in [0.3, 0.4) is 0 Å². The van der Waals surface area contributed by atoms with Crippen molar-refractivity contribution in [3.8, 4) is 0 Å². The molecule has 0 aliphatic heterocycles. The summed E-state index contributed by atoms with van der Waals surface area (Å²) < 4.78 is 5.21. The van der Waals surface area contributed by atoms with Crippen LogP contribution < -0.4 is 0 Å². The molecule has 8 heteroatoms. The van der Waals surface area contributed by atoms with Gasteiger partial charge in [0.05, 0.1) is 0 Å². The third-order valence-electron chi connectivity index (χ3n) is 7.62. The van der Waals surface area contributed by atoms with E-state index in [1.807, 2.05) is 0 Å². The summed E-state index contributed by atoms with van der Waals surface area (Å²) in [5, 5.41) is 0. The topological polar surface area (TPSA) is 0 Å². The zero-order valence-electron chi connectivity index (χ0n) is 19.4. The third-order valence-corrected chi connectivity index (χ3v) is 44.1. The number of unbranched alkanes of at least 4 members (excludes halogenated alkanes) is 1. The van der Waals surface area contributed by atoms with Crippen LogP contribution in [0.2, 0.25) is 14.9 Å². The number of fused-ring (bicyclic) bond motifs is 2. The molecule has 0 fully saturated rings. The minimum atomic E-state index is -3.66. The van der Waals surface area contributed by atoms with Gasteiger partial charge in [-0.1, -0.05) is 0 Å². The van der Waals surface area contributed by atoms with Gasteiger partial charge in [0.1, 0.15) is 0 Å². The smallest absolute Gasteiger partial charge is 0.147 e. The van der Waals surface area contributed by atoms with Gasteiger partial charge >= 0.3 is 206 Å². The van der Waals surface area contributed by atoms with Crippen molar-refractivity contribution in [3.63, 3.8) is 0 Å². The van der Waals surface area contributed by atoms with Gasteiger partial charge in [0.25, 0.3) is 0 Å². The Hall–Kier alpha value is 0.674. The van der Waals surface area contributed by atoms with Crippen LogP contribution in [-0.2, 0) is 17.1 Å². The van der Waals surface area contributed by atoms with Gasteiger partial charge in [-0.25, -0.2) is 0 Å². The van der Waals surface area contributed by atoms with E-state index in [0.717, 1.165) is 18.9 Å². The second-order valence-corrected chi connectivity index (χ2v) is 60.1. The molecule has 0 heterocycles. The van der Waals surface area contributed by atoms with Gasteiger partial charge in [0.2, 0.25) is 0 Å². The monoisotopic (exact) mass is 744 g/mol. The fraction of sp³-hybridized carbons (Fsp3) is 0.360. The minimum Gasteiger partial charge on any atom is -0.147 e. The van der Waals surface area contributed by atoms with Crippen LogP contribution in [0, 0.1) is 0 Å². The van der Waals surface area contributed by atoms with Gasteiger partial charge in [-0.2, -0.15) is 0 Å². The Balaban J connectivity index is 0.00000193. The second kappa shape index (κ2) is 11.0. The Morgan fingerprint density at radius 2 is 1.21 bits per heavy atom. The first-order chi connectivity index (χ1) is 14.5. The fourth-order valence-corrected chi connectivity index (χ4v) is 46.2. The maximum atomic E-state index is 6.22. The fourth-order valence-electron chi connectivity index (χ4n) is 6.66. The number of rotatable bonds is 7. The molecule has 2 aliphatic carbocycles. The molecular weight excluding hydrogens is 712 g/mol. The summed E-state index contributed by atoms with van der Waals surface area (Å²) in [6, 6.07) is 16.3. The molecule has 0 nitrogen and oxygen atoms in total. The molecule has 0 bridgehead atoms. The van der Waals surface area contributed by atoms with E-state index in [0.29, 0.717) is 7.35 Å². The number of hydrogen-bond donors (Lipinski definition) is 0. The van der Waals surface area contributed by atoms with Gasteiger partial charge in [-0.05, 0) is 0 Å². The first kappa shape index (κ1) is 29.9. The van der Waals surface area contributed by atoms with Crippen molar-refractivity contribution >= 4 is 83.1 Å². The molecule has 2 aromatic carbocycles. The Kier molecular flexibility index (Phi) is 9.94. The van der Waals surface area contributed by atoms with Crippen molar-refractivity contribution < 1.29 is 17.1 Å². The molecule has 0 saturated heterocycles. The maximum Gasteiger partial charge on any atom is -0.147 e. The summed E-state index contributed by atoms with van der Waals surface area (Å²) in [5.41, 5.74) is 9.07. The SMILES string of the molecule is CC1=Cc2ccccc2[CH]1[Hf]([CH3])(=[SiH2])([CH2]CCC[Si](Cl)(Cl)Cl)[CH]1C(C)=Cc2ccccc21.Cl.Cl. The first-order valence-electron chi connectivity index (χ1n) is 11.2. The summed E-state index contributed by atoms with van der Waals surface area (Å²) in [4.78, 5) is 0. The summed E-state index contributed by atoms with van der Waals surface area (Å²) in [5.74, 6) is 0. The molecule has 33 heavy (non-hydrogen) atoms. The predicted molar refractivity (Wildman–Crippen MR) is 157 cm³/mol. The Bertz CT molecular complexity index is 1080. The van der Waals surface area contributed by atoms with Gasteiger partial charge in [0, 0.05) is 0 Å². The number of allylic oxidation sites excluding steroid dienone is 2. The van der Waals surface area contributed by atoms with Crippen LogP contribution in [-0.4, -0.2) is 12.9 Å². The largest absolute Gasteiger partial charge is 0.147 e. The van der Waals surface area contributed by atoms with E-state index in [2.05, 4.69) is 86.2 Å². The quantitative estimate of drug-likeness (QED) is 0.151. The first-order valence-corrected chi connectivity index (χ1v) is 35.0. The predicted octanol–water partition coefficient (Wildman–Crippen LogP) is 9.29. The number of hydrogen-bond acceptors (Lipinski definition) is 0. The summed E-state index contributed by atoms with van der Waals surface area (Å²) in [6.07, 6.45) is 7.08. The van der Waals surface area contributed by atoms with Crippen LogP contribution in [0.15, 0.2) is 59.7 Å². The molecular formula is C25H33Cl5HfSi2. The molecule has 0 amide bonds. The van der Waals surface area contributed by atoms with Gasteiger partial charge in [0.15, 0.2) is 0 Å². The van der Waals surface area contributed by atoms with E-state index >= 15 is 0 Å². The zero-order valence-corrected chi connectivity index (χ0v) is 29.3. The Labute approximate surface area is 229 Å². The number of benzene rings is 2. The van der Waals surface area contributed by atoms with Crippen LogP contribution in [0.1, 0.15) is 56.3 Å². The van der Waals surface area contributed by atoms with E-state index in [1.54, 1.807) is 22.3 Å². The van der Waals surface area contributed by atoms with E-state index in [1.165, 1.54) is 15.3 Å². The van der Waals surface area contributed by atoms with Crippen molar-refractivity contribution in [3.05, 3.63) is 81.9 Å². The van der Waals surface area contributed by atoms with Crippen molar-refractivity contribution in [2.24, 2.45) is 0 Å². The third kappa shape index (κ3) is 5.82. The molecule has 180 valence electrons. The molecule has 0 N–H and O–H groups in total. The van der Waals surface area contributed by atoms with Crippen LogP contribution >= 0.6 is 58.1 Å². The summed E-state index contributed by atoms with van der Waals surface area (Å²) in [6.45, 7) is 7.18. The summed E-state index contributed by atoms with van der Waals surface area (Å²) >= 11 is 15.0. The molecule has 0 radical (unpaired) electrons. The van der Waals surface area contributed by atoms with Gasteiger partial charge in [-0.15, -0.1) is 24.8 Å². The maximum absolute atomic E-state index is 6.22. The number of halogens is 5. The van der Waals surface area contributed by atoms with E-state index in [-0.39, 0.29) is 24.8 Å². The van der Waals surface area contributed by atoms with E-state index in [4.69, 9.17) is 33.2 Å². The molecule has 2 atom stereocenters. The van der Waals surface area contributed by atoms with Gasteiger partial charge < -0.3 is 0 Å². The minimum absolute atomic E-state index is 0. The summed E-state index contributed by atoms with van der Waals surface area (Å²) in [7, 11) is 0. The van der Waals surface area contributed by atoms with Crippen molar-refractivity contribution in [1.82, 2.24) is 0 Å². The van der Waals surface area contributed by atoms with Crippen LogP contribution in [0.4, 0.5) is 0 Å². The molecule has 2 unspecified atom stereocenters. The molecule has 0 spiro atoms. The second-order valence-electron chi connectivity index (χ2n) is 10.2.